The molecule has 1 aromatic rings. The van der Waals surface area contributed by atoms with E-state index in [0.29, 0.717) is 0 Å². The molecule has 0 fully saturated rings. The molecule has 1 heterocycles. The van der Waals surface area contributed by atoms with Crippen molar-refractivity contribution in [2.75, 3.05) is 0 Å². The van der Waals surface area contributed by atoms with E-state index in [1.54, 1.807) is 6.92 Å². The maximum Gasteiger partial charge on any atom is 0.286 e. The van der Waals surface area contributed by atoms with Crippen LogP contribution in [0.5, 0.6) is 0 Å². The van der Waals surface area contributed by atoms with Gasteiger partial charge in [-0.05, 0) is 31.0 Å². The number of halogens is 2. The van der Waals surface area contributed by atoms with Gasteiger partial charge >= 0.3 is 0 Å². The Kier molecular flexibility index (Phi) is 2.13. The molecule has 0 spiro atoms. The van der Waals surface area contributed by atoms with E-state index in [1.807, 2.05) is 6.92 Å². The highest BCUT2D eigenvalue weighted by Crippen LogP contribution is 2.25. The van der Waals surface area contributed by atoms with Gasteiger partial charge in [0.1, 0.15) is 5.69 Å². The number of pyridine rings is 1. The Morgan fingerprint density at radius 1 is 1.25 bits per heavy atom. The maximum absolute atomic E-state index is 12.7. The van der Waals surface area contributed by atoms with Gasteiger partial charge in [-0.3, -0.25) is 4.98 Å². The molecule has 66 valence electrons. The minimum absolute atomic E-state index is 0.161. The lowest BCUT2D eigenvalue weighted by molar-refractivity contribution is 0.0127. The zero-order chi connectivity index (χ0) is 9.35. The first-order valence-corrected chi connectivity index (χ1v) is 3.73. The lowest BCUT2D eigenvalue weighted by atomic mass is 10.1. The average Bonchev–Trinajstić information content (AvgIpc) is 1.92. The summed E-state index contributed by atoms with van der Waals surface area (Å²) in [5, 5.41) is 0. The Labute approximate surface area is 70.4 Å². The highest BCUT2D eigenvalue weighted by atomic mass is 19.3. The monoisotopic (exact) mass is 171 g/mol. The lowest BCUT2D eigenvalue weighted by Crippen LogP contribution is -2.10. The van der Waals surface area contributed by atoms with Gasteiger partial charge < -0.3 is 0 Å². The molecule has 0 saturated carbocycles. The quantitative estimate of drug-likeness (QED) is 0.633. The SMILES string of the molecule is Cc1cnc(C(C)(F)F)cc1C. The first kappa shape index (κ1) is 9.10. The number of aryl methyl sites for hydroxylation is 2. The molecule has 0 aliphatic rings. The van der Waals surface area contributed by atoms with Crippen molar-refractivity contribution < 1.29 is 8.78 Å². The largest absolute Gasteiger partial charge is 0.286 e. The predicted molar refractivity (Wildman–Crippen MR) is 43.3 cm³/mol. The molecule has 0 atom stereocenters. The van der Waals surface area contributed by atoms with Crippen molar-refractivity contribution in [1.29, 1.82) is 0 Å². The Hall–Kier alpha value is -0.990. The zero-order valence-corrected chi connectivity index (χ0v) is 7.36. The van der Waals surface area contributed by atoms with Gasteiger partial charge in [-0.15, -0.1) is 0 Å². The smallest absolute Gasteiger partial charge is 0.255 e. The zero-order valence-electron chi connectivity index (χ0n) is 7.36. The van der Waals surface area contributed by atoms with Gasteiger partial charge in [0.05, 0.1) is 0 Å². The molecular formula is C9H11F2N. The average molecular weight is 171 g/mol. The molecule has 1 rings (SSSR count). The van der Waals surface area contributed by atoms with E-state index in [0.717, 1.165) is 18.1 Å². The summed E-state index contributed by atoms with van der Waals surface area (Å²) < 4.78 is 25.4. The highest BCUT2D eigenvalue weighted by Gasteiger charge is 2.25. The third-order valence-corrected chi connectivity index (χ3v) is 1.82. The van der Waals surface area contributed by atoms with Crippen molar-refractivity contribution in [2.45, 2.75) is 26.7 Å². The molecule has 0 aromatic carbocycles. The number of alkyl halides is 2. The molecule has 1 nitrogen and oxygen atoms in total. The van der Waals surface area contributed by atoms with Crippen LogP contribution in [0.4, 0.5) is 8.78 Å². The summed E-state index contributed by atoms with van der Waals surface area (Å²) >= 11 is 0. The van der Waals surface area contributed by atoms with E-state index in [9.17, 15) is 8.78 Å². The van der Waals surface area contributed by atoms with Crippen LogP contribution in [0.25, 0.3) is 0 Å². The predicted octanol–water partition coefficient (Wildman–Crippen LogP) is 2.81. The molecule has 0 N–H and O–H groups in total. The maximum atomic E-state index is 12.7. The Morgan fingerprint density at radius 3 is 2.25 bits per heavy atom. The van der Waals surface area contributed by atoms with E-state index >= 15 is 0 Å². The molecule has 0 radical (unpaired) electrons. The number of hydrogen-bond acceptors (Lipinski definition) is 1. The minimum Gasteiger partial charge on any atom is -0.255 e. The summed E-state index contributed by atoms with van der Waals surface area (Å²) in [5.74, 6) is -2.83. The van der Waals surface area contributed by atoms with Gasteiger partial charge in [-0.25, -0.2) is 0 Å². The molecule has 3 heteroatoms. The van der Waals surface area contributed by atoms with Crippen LogP contribution in [0.3, 0.4) is 0 Å². The molecule has 0 saturated heterocycles. The number of rotatable bonds is 1. The molecule has 0 aliphatic carbocycles. The van der Waals surface area contributed by atoms with Crippen molar-refractivity contribution in [3.05, 3.63) is 29.1 Å². The molecular weight excluding hydrogens is 160 g/mol. The van der Waals surface area contributed by atoms with Gasteiger partial charge in [0, 0.05) is 13.1 Å². The number of aromatic nitrogens is 1. The Morgan fingerprint density at radius 2 is 1.83 bits per heavy atom. The van der Waals surface area contributed by atoms with Crippen molar-refractivity contribution in [3.63, 3.8) is 0 Å². The summed E-state index contributed by atoms with van der Waals surface area (Å²) in [5.41, 5.74) is 1.62. The second kappa shape index (κ2) is 2.81. The summed E-state index contributed by atoms with van der Waals surface area (Å²) in [7, 11) is 0. The summed E-state index contributed by atoms with van der Waals surface area (Å²) in [6.45, 7) is 4.50. The number of hydrogen-bond donors (Lipinski definition) is 0. The van der Waals surface area contributed by atoms with Crippen molar-refractivity contribution in [3.8, 4) is 0 Å². The highest BCUT2D eigenvalue weighted by molar-refractivity contribution is 5.25. The van der Waals surface area contributed by atoms with Gasteiger partial charge in [-0.2, -0.15) is 8.78 Å². The third-order valence-electron chi connectivity index (χ3n) is 1.82. The van der Waals surface area contributed by atoms with Crippen LogP contribution in [0, 0.1) is 13.8 Å². The van der Waals surface area contributed by atoms with E-state index in [4.69, 9.17) is 0 Å². The molecule has 0 bridgehead atoms. The fourth-order valence-electron chi connectivity index (χ4n) is 0.864. The van der Waals surface area contributed by atoms with E-state index in [2.05, 4.69) is 4.98 Å². The molecule has 0 amide bonds. The Balaban J connectivity index is 3.14. The fraction of sp³-hybridized carbons (Fsp3) is 0.444. The van der Waals surface area contributed by atoms with Gasteiger partial charge in [0.25, 0.3) is 5.92 Å². The van der Waals surface area contributed by atoms with Crippen molar-refractivity contribution >= 4 is 0 Å². The van der Waals surface area contributed by atoms with E-state index in [-0.39, 0.29) is 5.69 Å². The van der Waals surface area contributed by atoms with Gasteiger partial charge in [0.15, 0.2) is 0 Å². The molecule has 1 aromatic heterocycles. The van der Waals surface area contributed by atoms with Gasteiger partial charge in [-0.1, -0.05) is 0 Å². The minimum atomic E-state index is -2.83. The lowest BCUT2D eigenvalue weighted by Gasteiger charge is -2.10. The van der Waals surface area contributed by atoms with Gasteiger partial charge in [0.2, 0.25) is 0 Å². The van der Waals surface area contributed by atoms with Crippen molar-refractivity contribution in [1.82, 2.24) is 4.98 Å². The summed E-state index contributed by atoms with van der Waals surface area (Å²) in [6, 6.07) is 1.43. The topological polar surface area (TPSA) is 12.9 Å². The normalized spacial score (nSPS) is 11.8. The second-order valence-electron chi connectivity index (χ2n) is 3.04. The third kappa shape index (κ3) is 1.78. The van der Waals surface area contributed by atoms with E-state index < -0.39 is 5.92 Å². The van der Waals surface area contributed by atoms with Crippen LogP contribution in [0.1, 0.15) is 23.7 Å². The van der Waals surface area contributed by atoms with Crippen LogP contribution < -0.4 is 0 Å². The van der Waals surface area contributed by atoms with E-state index in [1.165, 1.54) is 12.3 Å². The summed E-state index contributed by atoms with van der Waals surface area (Å²) in [6.07, 6.45) is 1.47. The standard InChI is InChI=1S/C9H11F2N/c1-6-4-8(9(3,10)11)12-5-7(6)2/h4-5H,1-3H3. The molecule has 0 unspecified atom stereocenters. The van der Waals surface area contributed by atoms with Crippen LogP contribution in [0.2, 0.25) is 0 Å². The van der Waals surface area contributed by atoms with Crippen LogP contribution >= 0.6 is 0 Å². The van der Waals surface area contributed by atoms with Crippen LogP contribution in [-0.4, -0.2) is 4.98 Å². The second-order valence-corrected chi connectivity index (χ2v) is 3.04. The first-order valence-electron chi connectivity index (χ1n) is 3.73. The van der Waals surface area contributed by atoms with Crippen LogP contribution in [-0.2, 0) is 5.92 Å². The van der Waals surface area contributed by atoms with Crippen LogP contribution in [0.15, 0.2) is 12.3 Å². The summed E-state index contributed by atoms with van der Waals surface area (Å²) in [4.78, 5) is 3.66. The molecule has 0 aliphatic heterocycles. The first-order chi connectivity index (χ1) is 5.41. The van der Waals surface area contributed by atoms with Crippen molar-refractivity contribution in [2.24, 2.45) is 0 Å². The molecule has 12 heavy (non-hydrogen) atoms. The fourth-order valence-corrected chi connectivity index (χ4v) is 0.864. The number of nitrogens with zero attached hydrogens (tertiary/aromatic N) is 1. The Bertz CT molecular complexity index is 289.